The first-order chi connectivity index (χ1) is 31.0. The predicted molar refractivity (Wildman–Crippen MR) is 240 cm³/mol. The van der Waals surface area contributed by atoms with Crippen molar-refractivity contribution in [2.24, 2.45) is 17.3 Å². The Balaban J connectivity index is 0.995. The molecule has 2 saturated heterocycles. The van der Waals surface area contributed by atoms with Crippen LogP contribution in [0, 0.1) is 17.3 Å². The Morgan fingerprint density at radius 2 is 1.35 bits per heavy atom. The van der Waals surface area contributed by atoms with Gasteiger partial charge < -0.3 is 40.2 Å². The first kappa shape index (κ1) is 45.3. The number of carbonyl (C=O) groups is 5. The molecule has 5 amide bonds. The normalized spacial score (nSPS) is 20.1. The number of aromatic amines is 1. The number of methoxy groups -OCH3 is 2. The van der Waals surface area contributed by atoms with Crippen LogP contribution >= 0.6 is 0 Å². The van der Waals surface area contributed by atoms with Crippen molar-refractivity contribution in [3.05, 3.63) is 83.8 Å². The number of amides is 5. The maximum absolute atomic E-state index is 16.6. The number of H-pyrrole nitrogens is 1. The van der Waals surface area contributed by atoms with E-state index in [0.717, 1.165) is 32.1 Å². The fourth-order valence-electron chi connectivity index (χ4n) is 10.3. The summed E-state index contributed by atoms with van der Waals surface area (Å²) in [6, 6.07) is 14.2. The van der Waals surface area contributed by atoms with E-state index in [9.17, 15) is 24.0 Å². The van der Waals surface area contributed by atoms with E-state index in [2.05, 4.69) is 25.9 Å². The molecule has 16 heteroatoms. The van der Waals surface area contributed by atoms with Crippen molar-refractivity contribution in [2.45, 2.75) is 103 Å². The molecule has 4 aromatic rings. The number of imidazole rings is 1. The van der Waals surface area contributed by atoms with Gasteiger partial charge in [-0.1, -0.05) is 76.9 Å². The van der Waals surface area contributed by atoms with Gasteiger partial charge in [-0.3, -0.25) is 14.4 Å². The molecule has 1 unspecified atom stereocenters. The highest BCUT2D eigenvalue weighted by Crippen LogP contribution is 2.53. The molecule has 4 atom stereocenters. The second-order valence-electron chi connectivity index (χ2n) is 18.6. The Morgan fingerprint density at radius 1 is 0.769 bits per heavy atom. The van der Waals surface area contributed by atoms with Gasteiger partial charge in [0.2, 0.25) is 17.7 Å². The van der Waals surface area contributed by atoms with E-state index < -0.39 is 36.2 Å². The number of ether oxygens (including phenoxy) is 2. The minimum absolute atomic E-state index is 0.135. The third kappa shape index (κ3) is 8.66. The second-order valence-corrected chi connectivity index (χ2v) is 18.6. The Morgan fingerprint density at radius 3 is 1.97 bits per heavy atom. The Bertz CT molecular complexity index is 2500. The van der Waals surface area contributed by atoms with Gasteiger partial charge in [-0.05, 0) is 95.9 Å². The molecule has 1 saturated carbocycles. The van der Waals surface area contributed by atoms with Gasteiger partial charge in [-0.2, -0.15) is 8.78 Å². The van der Waals surface area contributed by atoms with E-state index >= 15 is 8.78 Å². The number of anilines is 1. The molecule has 14 nitrogen and oxygen atoms in total. The van der Waals surface area contributed by atoms with Gasteiger partial charge in [0, 0.05) is 35.5 Å². The lowest BCUT2D eigenvalue weighted by molar-refractivity contribution is -0.139. The van der Waals surface area contributed by atoms with Crippen LogP contribution in [0.5, 0.6) is 0 Å². The number of aromatic nitrogens is 2. The van der Waals surface area contributed by atoms with Crippen LogP contribution < -0.4 is 16.0 Å². The summed E-state index contributed by atoms with van der Waals surface area (Å²) in [6.07, 6.45) is 5.93. The highest BCUT2D eigenvalue weighted by atomic mass is 19.3. The van der Waals surface area contributed by atoms with Crippen molar-refractivity contribution in [1.82, 2.24) is 30.4 Å². The Labute approximate surface area is 377 Å². The number of alkyl carbamates (subject to hydrolysis) is 2. The molecular weight excluding hydrogens is 837 g/mol. The summed E-state index contributed by atoms with van der Waals surface area (Å²) in [5.74, 6) is -4.17. The fraction of sp³-hybridized carbons (Fsp3) is 0.469. The van der Waals surface area contributed by atoms with Crippen LogP contribution in [0.2, 0.25) is 0 Å². The number of benzene rings is 3. The first-order valence-electron chi connectivity index (χ1n) is 22.5. The number of alkyl halides is 2. The van der Waals surface area contributed by atoms with E-state index in [1.54, 1.807) is 64.5 Å². The van der Waals surface area contributed by atoms with Crippen molar-refractivity contribution in [1.29, 1.82) is 0 Å². The molecule has 1 spiro atoms. The quantitative estimate of drug-likeness (QED) is 0.116. The highest BCUT2D eigenvalue weighted by molar-refractivity contribution is 5.99. The summed E-state index contributed by atoms with van der Waals surface area (Å²) in [4.78, 5) is 77.2. The van der Waals surface area contributed by atoms with Gasteiger partial charge in [0.25, 0.3) is 5.92 Å². The minimum atomic E-state index is -3.33. The molecule has 3 aromatic carbocycles. The second kappa shape index (κ2) is 17.9. The van der Waals surface area contributed by atoms with Gasteiger partial charge in [-0.15, -0.1) is 0 Å². The Kier molecular flexibility index (Phi) is 12.5. The lowest BCUT2D eigenvalue weighted by Crippen LogP contribution is -2.54. The zero-order valence-corrected chi connectivity index (χ0v) is 37.6. The van der Waals surface area contributed by atoms with Crippen molar-refractivity contribution in [3.63, 3.8) is 0 Å². The summed E-state index contributed by atoms with van der Waals surface area (Å²) in [5, 5.41) is 8.32. The van der Waals surface area contributed by atoms with E-state index in [1.807, 2.05) is 27.7 Å². The van der Waals surface area contributed by atoms with Crippen molar-refractivity contribution in [3.8, 4) is 33.5 Å². The van der Waals surface area contributed by atoms with Crippen LogP contribution in [-0.4, -0.2) is 95.1 Å². The maximum Gasteiger partial charge on any atom is 0.407 e. The number of hydrogen-bond donors (Lipinski definition) is 4. The smallest absolute Gasteiger partial charge is 0.407 e. The number of likely N-dealkylation sites (tertiary alicyclic amines) is 2. The zero-order chi connectivity index (χ0) is 46.4. The van der Waals surface area contributed by atoms with Crippen LogP contribution in [0.15, 0.2) is 66.9 Å². The molecule has 1 aromatic heterocycles. The van der Waals surface area contributed by atoms with E-state index in [4.69, 9.17) is 9.47 Å². The number of nitrogens with zero attached hydrogens (tertiary/aromatic N) is 3. The van der Waals surface area contributed by atoms with Crippen LogP contribution in [0.1, 0.15) is 95.6 Å². The van der Waals surface area contributed by atoms with Gasteiger partial charge in [0.15, 0.2) is 0 Å². The summed E-state index contributed by atoms with van der Waals surface area (Å²) >= 11 is 0. The Hall–Kier alpha value is -6.32. The van der Waals surface area contributed by atoms with Gasteiger partial charge in [0.1, 0.15) is 23.9 Å². The zero-order valence-electron chi connectivity index (χ0n) is 37.6. The SMILES string of the molecule is COC(=O)NC(C(=O)N1CCC[C@H]1c1ncc(-c2ccc3c(c2)C(F)(F)c2cc(-c4cccc(NC(=O)[C@@H]5CC6(CCCC6)CN5C(=O)[C@@H](NC(=O)OC)C(C)C)c4)ccc2-3)[nH]1)C(C)C. The van der Waals surface area contributed by atoms with Crippen LogP contribution in [0.3, 0.4) is 0 Å². The lowest BCUT2D eigenvalue weighted by Gasteiger charge is -2.30. The van der Waals surface area contributed by atoms with Crippen LogP contribution in [0.25, 0.3) is 33.5 Å². The topological polar surface area (TPSA) is 175 Å². The van der Waals surface area contributed by atoms with Crippen LogP contribution in [-0.2, 0) is 29.8 Å². The summed E-state index contributed by atoms with van der Waals surface area (Å²) < 4.78 is 42.7. The predicted octanol–water partition coefficient (Wildman–Crippen LogP) is 8.39. The highest BCUT2D eigenvalue weighted by Gasteiger charge is 2.51. The van der Waals surface area contributed by atoms with E-state index in [0.29, 0.717) is 71.0 Å². The average molecular weight is 894 g/mol. The molecule has 8 rings (SSSR count). The summed E-state index contributed by atoms with van der Waals surface area (Å²) in [5.41, 5.74) is 3.06. The molecular formula is C49H57F2N7O7. The molecule has 4 N–H and O–H groups in total. The molecule has 0 bridgehead atoms. The number of fused-ring (bicyclic) bond motifs is 3. The maximum atomic E-state index is 16.6. The standard InChI is InChI=1S/C49H57F2N7O7/c1-27(2)40(55-46(62)64-5)44(60)57-20-10-13-38(57)42-52-25-37(54-42)31-15-17-34-33-16-14-30(22-35(33)49(50,51)36(34)23-31)29-11-9-12-32(21-29)53-43(59)39-24-48(18-7-8-19-48)26-58(39)45(61)41(28(3)4)56-47(63)65-6/h9,11-12,14-17,21-23,25,27-28,38-41H,7-8,10,13,18-20,24,26H2,1-6H3,(H,52,54)(H,53,59)(H,55,62)(H,56,63)/t38-,39-,40?,41-/m0/s1. The molecule has 2 aliphatic carbocycles. The molecule has 0 radical (unpaired) electrons. The van der Waals surface area contributed by atoms with Gasteiger partial charge in [0.05, 0.1) is 32.2 Å². The van der Waals surface area contributed by atoms with Crippen molar-refractivity contribution >= 4 is 35.6 Å². The van der Waals surface area contributed by atoms with Gasteiger partial charge in [-0.25, -0.2) is 14.6 Å². The molecule has 3 heterocycles. The largest absolute Gasteiger partial charge is 0.453 e. The average Bonchev–Trinajstić information content (AvgIpc) is 4.16. The first-order valence-corrected chi connectivity index (χ1v) is 22.5. The third-order valence-corrected chi connectivity index (χ3v) is 13.8. The fourth-order valence-corrected chi connectivity index (χ4v) is 10.3. The molecule has 344 valence electrons. The molecule has 3 fully saturated rings. The van der Waals surface area contributed by atoms with E-state index in [-0.39, 0.29) is 52.1 Å². The van der Waals surface area contributed by atoms with E-state index in [1.165, 1.54) is 26.4 Å². The minimum Gasteiger partial charge on any atom is -0.453 e. The van der Waals surface area contributed by atoms with Crippen LogP contribution in [0.4, 0.5) is 24.1 Å². The van der Waals surface area contributed by atoms with Crippen molar-refractivity contribution < 1.29 is 42.2 Å². The molecule has 4 aliphatic rings. The number of carbonyl (C=O) groups excluding carboxylic acids is 5. The number of nitrogens with one attached hydrogen (secondary N) is 4. The van der Waals surface area contributed by atoms with Gasteiger partial charge >= 0.3 is 12.2 Å². The third-order valence-electron chi connectivity index (χ3n) is 13.8. The number of rotatable bonds is 11. The lowest BCUT2D eigenvalue weighted by atomic mass is 9.84. The summed E-state index contributed by atoms with van der Waals surface area (Å²) in [7, 11) is 2.48. The van der Waals surface area contributed by atoms with Crippen molar-refractivity contribution in [2.75, 3.05) is 32.6 Å². The number of halogens is 2. The number of hydrogen-bond acceptors (Lipinski definition) is 8. The molecule has 2 aliphatic heterocycles. The molecule has 65 heavy (non-hydrogen) atoms. The monoisotopic (exact) mass is 893 g/mol. The summed E-state index contributed by atoms with van der Waals surface area (Å²) in [6.45, 7) is 8.25.